The highest BCUT2D eigenvalue weighted by Gasteiger charge is 2.03. The molecule has 1 aliphatic heterocycles. The van der Waals surface area contributed by atoms with E-state index in [-0.39, 0.29) is 0 Å². The second-order valence-corrected chi connectivity index (χ2v) is 10.1. The summed E-state index contributed by atoms with van der Waals surface area (Å²) >= 11 is 1.89. The third-order valence-electron chi connectivity index (χ3n) is 6.23. The van der Waals surface area contributed by atoms with Gasteiger partial charge in [0.15, 0.2) is 0 Å². The van der Waals surface area contributed by atoms with Crippen molar-refractivity contribution in [2.24, 2.45) is 0 Å². The Balaban J connectivity index is 1.61. The fourth-order valence-electron chi connectivity index (χ4n) is 4.18. The van der Waals surface area contributed by atoms with E-state index in [2.05, 4.69) is 23.4 Å². The van der Waals surface area contributed by atoms with Gasteiger partial charge in [0, 0.05) is 26.0 Å². The summed E-state index contributed by atoms with van der Waals surface area (Å²) in [4.78, 5) is 2.39. The van der Waals surface area contributed by atoms with E-state index in [1.165, 1.54) is 135 Å². The molecule has 1 rings (SSSR count). The van der Waals surface area contributed by atoms with Crippen molar-refractivity contribution in [1.82, 2.24) is 4.90 Å². The van der Waals surface area contributed by atoms with E-state index in [0.29, 0.717) is 0 Å². The number of ether oxygens (including phenoxy) is 1. The minimum absolute atomic E-state index is 0.948. The first-order chi connectivity index (χ1) is 14.9. The molecule has 0 aromatic carbocycles. The van der Waals surface area contributed by atoms with Crippen molar-refractivity contribution in [1.29, 1.82) is 0 Å². The highest BCUT2D eigenvalue weighted by atomic mass is 32.2. The number of hydrogen-bond acceptors (Lipinski definition) is 3. The topological polar surface area (TPSA) is 12.5 Å². The number of rotatable bonds is 24. The van der Waals surface area contributed by atoms with E-state index < -0.39 is 0 Å². The Hall–Kier alpha value is -0.150. The van der Waals surface area contributed by atoms with Crippen LogP contribution in [0.1, 0.15) is 135 Å². The van der Waals surface area contributed by atoms with E-state index >= 15 is 0 Å². The fourth-order valence-corrected chi connectivity index (χ4v) is 4.93. The molecule has 0 fully saturated rings. The zero-order chi connectivity index (χ0) is 21.4. The molecule has 2 nitrogen and oxygen atoms in total. The summed E-state index contributed by atoms with van der Waals surface area (Å²) in [6, 6.07) is 0. The monoisotopic (exact) mass is 439 g/mol. The Morgan fingerprint density at radius 2 is 1.03 bits per heavy atom. The maximum atomic E-state index is 5.79. The van der Waals surface area contributed by atoms with Crippen molar-refractivity contribution in [3.8, 4) is 0 Å². The molecule has 0 aliphatic carbocycles. The van der Waals surface area contributed by atoms with E-state index in [4.69, 9.17) is 4.74 Å². The first-order valence-corrected chi connectivity index (χ1v) is 14.6. The van der Waals surface area contributed by atoms with Gasteiger partial charge in [0.2, 0.25) is 0 Å². The highest BCUT2D eigenvalue weighted by Crippen LogP contribution is 2.16. The summed E-state index contributed by atoms with van der Waals surface area (Å²) in [5, 5.41) is 2.19. The van der Waals surface area contributed by atoms with E-state index in [1.807, 2.05) is 11.8 Å². The van der Waals surface area contributed by atoms with Crippen LogP contribution in [0, 0.1) is 0 Å². The summed E-state index contributed by atoms with van der Waals surface area (Å²) in [5.74, 6) is 1.14. The Bertz CT molecular complexity index is 361. The molecule has 1 heterocycles. The Morgan fingerprint density at radius 1 is 0.600 bits per heavy atom. The fraction of sp³-hybridized carbons (Fsp3) is 0.926. The lowest BCUT2D eigenvalue weighted by Crippen LogP contribution is -2.15. The molecule has 30 heavy (non-hydrogen) atoms. The largest absolute Gasteiger partial charge is 0.381 e. The lowest BCUT2D eigenvalue weighted by Gasteiger charge is -2.13. The van der Waals surface area contributed by atoms with Crippen molar-refractivity contribution in [3.63, 3.8) is 0 Å². The molecule has 3 heteroatoms. The maximum Gasteiger partial charge on any atom is 0.0675 e. The molecule has 0 unspecified atom stereocenters. The second kappa shape index (κ2) is 23.5. The molecular formula is C27H53NOS. The smallest absolute Gasteiger partial charge is 0.0675 e. The van der Waals surface area contributed by atoms with Gasteiger partial charge in [-0.2, -0.15) is 0 Å². The van der Waals surface area contributed by atoms with Gasteiger partial charge in [-0.3, -0.25) is 0 Å². The normalized spacial score (nSPS) is 13.6. The van der Waals surface area contributed by atoms with Crippen LogP contribution in [0.15, 0.2) is 11.6 Å². The van der Waals surface area contributed by atoms with Crippen LogP contribution in [0.25, 0.3) is 0 Å². The molecular weight excluding hydrogens is 386 g/mol. The summed E-state index contributed by atoms with van der Waals surface area (Å²) in [5.41, 5.74) is 0. The average molecular weight is 440 g/mol. The predicted octanol–water partition coefficient (Wildman–Crippen LogP) is 9.30. The quantitative estimate of drug-likeness (QED) is 0.139. The zero-order valence-electron chi connectivity index (χ0n) is 20.4. The maximum absolute atomic E-state index is 5.79. The summed E-state index contributed by atoms with van der Waals surface area (Å²) in [6.45, 7) is 5.40. The van der Waals surface area contributed by atoms with Gasteiger partial charge < -0.3 is 9.64 Å². The molecule has 0 radical (unpaired) electrons. The van der Waals surface area contributed by atoms with Gasteiger partial charge in [0.05, 0.1) is 5.88 Å². The van der Waals surface area contributed by atoms with Gasteiger partial charge in [-0.1, -0.05) is 116 Å². The number of hydrogen-bond donors (Lipinski definition) is 0. The molecule has 0 amide bonds. The lowest BCUT2D eigenvalue weighted by molar-refractivity contribution is 0.125. The van der Waals surface area contributed by atoms with E-state index in [0.717, 1.165) is 19.1 Å². The molecule has 0 N–H and O–H groups in total. The molecule has 0 aromatic rings. The van der Waals surface area contributed by atoms with Crippen LogP contribution in [0.3, 0.4) is 0 Å². The van der Waals surface area contributed by atoms with Crippen LogP contribution < -0.4 is 0 Å². The van der Waals surface area contributed by atoms with E-state index in [1.54, 1.807) is 0 Å². The summed E-state index contributed by atoms with van der Waals surface area (Å²) in [6.07, 6.45) is 30.5. The zero-order valence-corrected chi connectivity index (χ0v) is 21.2. The Morgan fingerprint density at radius 3 is 1.47 bits per heavy atom. The second-order valence-electron chi connectivity index (χ2n) is 9.22. The summed E-state index contributed by atoms with van der Waals surface area (Å²) < 4.78 is 5.79. The number of thioether (sulfide) groups is 1. The third-order valence-corrected chi connectivity index (χ3v) is 7.03. The Labute approximate surface area is 194 Å². The van der Waals surface area contributed by atoms with E-state index in [9.17, 15) is 0 Å². The third kappa shape index (κ3) is 19.8. The molecule has 0 aromatic heterocycles. The van der Waals surface area contributed by atoms with Gasteiger partial charge >= 0.3 is 0 Å². The first kappa shape index (κ1) is 27.9. The van der Waals surface area contributed by atoms with Crippen molar-refractivity contribution < 1.29 is 4.74 Å². The first-order valence-electron chi connectivity index (χ1n) is 13.5. The molecule has 0 atom stereocenters. The Kier molecular flexibility index (Phi) is 21.9. The SMILES string of the molecule is CCCCCCCCCCCCCCCCCCCCOCCCCN1C=CSC1. The molecule has 0 saturated carbocycles. The molecule has 0 saturated heterocycles. The minimum Gasteiger partial charge on any atom is -0.381 e. The molecule has 178 valence electrons. The number of unbranched alkanes of at least 4 members (excludes halogenated alkanes) is 18. The number of nitrogens with zero attached hydrogens (tertiary/aromatic N) is 1. The van der Waals surface area contributed by atoms with Gasteiger partial charge in [0.1, 0.15) is 0 Å². The van der Waals surface area contributed by atoms with Crippen molar-refractivity contribution in [2.75, 3.05) is 25.6 Å². The van der Waals surface area contributed by atoms with Gasteiger partial charge in [0.25, 0.3) is 0 Å². The van der Waals surface area contributed by atoms with Crippen LogP contribution in [-0.4, -0.2) is 30.5 Å². The predicted molar refractivity (Wildman–Crippen MR) is 137 cm³/mol. The molecule has 0 bridgehead atoms. The van der Waals surface area contributed by atoms with Gasteiger partial charge in [-0.05, 0) is 24.7 Å². The minimum atomic E-state index is 0.948. The average Bonchev–Trinajstić information content (AvgIpc) is 3.28. The van der Waals surface area contributed by atoms with Crippen molar-refractivity contribution in [2.45, 2.75) is 135 Å². The standard InChI is InChI=1S/C27H53NOS/c1-2-3-4-5-6-7-8-9-10-11-12-13-14-15-16-17-18-20-24-29-25-21-19-22-28-23-26-30-27-28/h23,26H,2-22,24-25,27H2,1H3. The van der Waals surface area contributed by atoms with Crippen molar-refractivity contribution in [3.05, 3.63) is 11.6 Å². The van der Waals surface area contributed by atoms with Crippen molar-refractivity contribution >= 4 is 11.8 Å². The lowest BCUT2D eigenvalue weighted by atomic mass is 10.0. The van der Waals surface area contributed by atoms with Crippen LogP contribution >= 0.6 is 11.8 Å². The summed E-state index contributed by atoms with van der Waals surface area (Å²) in [7, 11) is 0. The highest BCUT2D eigenvalue weighted by molar-refractivity contribution is 8.02. The van der Waals surface area contributed by atoms with Crippen LogP contribution in [0.2, 0.25) is 0 Å². The molecule has 0 spiro atoms. The van der Waals surface area contributed by atoms with Crippen LogP contribution in [0.5, 0.6) is 0 Å². The van der Waals surface area contributed by atoms with Gasteiger partial charge in [-0.15, -0.1) is 11.8 Å². The van der Waals surface area contributed by atoms with Crippen LogP contribution in [-0.2, 0) is 4.74 Å². The van der Waals surface area contributed by atoms with Crippen LogP contribution in [0.4, 0.5) is 0 Å². The molecule has 1 aliphatic rings. The van der Waals surface area contributed by atoms with Gasteiger partial charge in [-0.25, -0.2) is 0 Å².